The van der Waals surface area contributed by atoms with Crippen LogP contribution in [0.15, 0.2) is 54.7 Å². The Labute approximate surface area is 158 Å². The lowest BCUT2D eigenvalue weighted by atomic mass is 10.1. The Kier molecular flexibility index (Phi) is 5.66. The first-order valence-corrected chi connectivity index (χ1v) is 8.63. The Morgan fingerprint density at radius 1 is 1.07 bits per heavy atom. The largest absolute Gasteiger partial charge is 0.497 e. The van der Waals surface area contributed by atoms with E-state index in [4.69, 9.17) is 4.74 Å². The van der Waals surface area contributed by atoms with Gasteiger partial charge >= 0.3 is 0 Å². The lowest BCUT2D eigenvalue weighted by molar-refractivity contribution is 0.102. The van der Waals surface area contributed by atoms with E-state index in [0.29, 0.717) is 18.2 Å². The molecule has 6 heteroatoms. The maximum atomic E-state index is 12.5. The Bertz CT molecular complexity index is 939. The lowest BCUT2D eigenvalue weighted by Crippen LogP contribution is -2.16. The van der Waals surface area contributed by atoms with Gasteiger partial charge in [0.25, 0.3) is 5.91 Å². The number of hydrogen-bond acceptors (Lipinski definition) is 5. The number of carbonyl (C=O) groups is 1. The van der Waals surface area contributed by atoms with Crippen LogP contribution in [0.25, 0.3) is 0 Å². The topological polar surface area (TPSA) is 76.1 Å². The van der Waals surface area contributed by atoms with Crippen LogP contribution in [0.3, 0.4) is 0 Å². The molecule has 1 heterocycles. The summed E-state index contributed by atoms with van der Waals surface area (Å²) in [6, 6.07) is 15.2. The summed E-state index contributed by atoms with van der Waals surface area (Å²) in [5.41, 5.74) is 4.30. The van der Waals surface area contributed by atoms with Crippen LogP contribution in [0, 0.1) is 13.8 Å². The molecule has 0 saturated heterocycles. The number of methoxy groups -OCH3 is 1. The van der Waals surface area contributed by atoms with E-state index >= 15 is 0 Å². The number of aromatic nitrogens is 2. The summed E-state index contributed by atoms with van der Waals surface area (Å²) in [6.45, 7) is 4.53. The molecule has 0 atom stereocenters. The molecule has 0 aliphatic rings. The third kappa shape index (κ3) is 4.82. The third-order valence-corrected chi connectivity index (χ3v) is 4.13. The van der Waals surface area contributed by atoms with Crippen molar-refractivity contribution >= 4 is 17.5 Å². The molecular formula is C21H22N4O2. The highest BCUT2D eigenvalue weighted by molar-refractivity contribution is 6.03. The van der Waals surface area contributed by atoms with Gasteiger partial charge < -0.3 is 15.4 Å². The number of aryl methyl sites for hydroxylation is 2. The van der Waals surface area contributed by atoms with Gasteiger partial charge in [-0.3, -0.25) is 4.79 Å². The number of rotatable bonds is 6. The van der Waals surface area contributed by atoms with Crippen LogP contribution >= 0.6 is 0 Å². The van der Waals surface area contributed by atoms with E-state index in [2.05, 4.69) is 20.6 Å². The van der Waals surface area contributed by atoms with Crippen molar-refractivity contribution in [2.45, 2.75) is 20.4 Å². The molecule has 0 fully saturated rings. The summed E-state index contributed by atoms with van der Waals surface area (Å²) in [4.78, 5) is 21.0. The lowest BCUT2D eigenvalue weighted by Gasteiger charge is -2.10. The molecule has 0 bridgehead atoms. The average Bonchev–Trinajstić information content (AvgIpc) is 2.69. The first kappa shape index (κ1) is 18.4. The number of carbonyl (C=O) groups excluding carboxylic acids is 1. The molecule has 1 amide bonds. The molecule has 1 aromatic heterocycles. The highest BCUT2D eigenvalue weighted by atomic mass is 16.5. The van der Waals surface area contributed by atoms with Crippen molar-refractivity contribution in [3.8, 4) is 5.75 Å². The first-order valence-electron chi connectivity index (χ1n) is 8.63. The Morgan fingerprint density at radius 2 is 1.85 bits per heavy atom. The maximum absolute atomic E-state index is 12.5. The number of amides is 1. The fraction of sp³-hybridized carbons (Fsp3) is 0.190. The molecule has 0 aliphatic heterocycles. The van der Waals surface area contributed by atoms with Gasteiger partial charge in [-0.05, 0) is 49.2 Å². The fourth-order valence-corrected chi connectivity index (χ4v) is 2.64. The quantitative estimate of drug-likeness (QED) is 0.694. The minimum absolute atomic E-state index is 0.267. The minimum Gasteiger partial charge on any atom is -0.497 e. The molecule has 3 aromatic rings. The number of nitrogens with zero attached hydrogens (tertiary/aromatic N) is 2. The molecule has 2 aromatic carbocycles. The van der Waals surface area contributed by atoms with Crippen LogP contribution in [-0.2, 0) is 6.54 Å². The summed E-state index contributed by atoms with van der Waals surface area (Å²) < 4.78 is 5.15. The predicted molar refractivity (Wildman–Crippen MR) is 106 cm³/mol. The number of benzene rings is 2. The molecule has 3 rings (SSSR count). The van der Waals surface area contributed by atoms with E-state index in [-0.39, 0.29) is 5.91 Å². The molecule has 0 aliphatic carbocycles. The van der Waals surface area contributed by atoms with Gasteiger partial charge in [0.05, 0.1) is 7.11 Å². The summed E-state index contributed by atoms with van der Waals surface area (Å²) in [5, 5.41) is 6.03. The van der Waals surface area contributed by atoms with Crippen LogP contribution < -0.4 is 15.4 Å². The minimum atomic E-state index is -0.267. The SMILES string of the molecule is COc1ccc(CNc2nccc(C(=O)Nc3ccc(C)cc3C)n2)cc1. The molecule has 0 radical (unpaired) electrons. The van der Waals surface area contributed by atoms with Crippen LogP contribution in [-0.4, -0.2) is 23.0 Å². The summed E-state index contributed by atoms with van der Waals surface area (Å²) in [6.07, 6.45) is 1.57. The van der Waals surface area contributed by atoms with Crippen molar-refractivity contribution in [1.82, 2.24) is 9.97 Å². The van der Waals surface area contributed by atoms with Crippen LogP contribution in [0.5, 0.6) is 5.75 Å². The van der Waals surface area contributed by atoms with E-state index in [0.717, 1.165) is 28.1 Å². The van der Waals surface area contributed by atoms with Gasteiger partial charge in [-0.25, -0.2) is 9.97 Å². The van der Waals surface area contributed by atoms with E-state index in [1.165, 1.54) is 0 Å². The average molecular weight is 362 g/mol. The second kappa shape index (κ2) is 8.31. The van der Waals surface area contributed by atoms with E-state index in [9.17, 15) is 4.79 Å². The number of hydrogen-bond donors (Lipinski definition) is 2. The molecule has 2 N–H and O–H groups in total. The van der Waals surface area contributed by atoms with Gasteiger partial charge in [0.15, 0.2) is 0 Å². The number of ether oxygens (including phenoxy) is 1. The molecular weight excluding hydrogens is 340 g/mol. The summed E-state index contributed by atoms with van der Waals surface area (Å²) >= 11 is 0. The highest BCUT2D eigenvalue weighted by Crippen LogP contribution is 2.17. The normalized spacial score (nSPS) is 10.3. The summed E-state index contributed by atoms with van der Waals surface area (Å²) in [7, 11) is 1.63. The summed E-state index contributed by atoms with van der Waals surface area (Å²) in [5.74, 6) is 0.941. The zero-order valence-electron chi connectivity index (χ0n) is 15.6. The maximum Gasteiger partial charge on any atom is 0.274 e. The van der Waals surface area contributed by atoms with Crippen LogP contribution in [0.2, 0.25) is 0 Å². The number of nitrogens with one attached hydrogen (secondary N) is 2. The van der Waals surface area contributed by atoms with Crippen molar-refractivity contribution in [1.29, 1.82) is 0 Å². The Morgan fingerprint density at radius 3 is 2.56 bits per heavy atom. The van der Waals surface area contributed by atoms with Crippen molar-refractivity contribution in [3.05, 3.63) is 77.1 Å². The fourth-order valence-electron chi connectivity index (χ4n) is 2.64. The van der Waals surface area contributed by atoms with Gasteiger partial charge in [-0.1, -0.05) is 29.8 Å². The van der Waals surface area contributed by atoms with E-state index in [1.807, 2.05) is 56.3 Å². The van der Waals surface area contributed by atoms with Gasteiger partial charge in [0.2, 0.25) is 5.95 Å². The number of anilines is 2. The smallest absolute Gasteiger partial charge is 0.274 e. The van der Waals surface area contributed by atoms with Gasteiger partial charge in [-0.2, -0.15) is 0 Å². The first-order chi connectivity index (χ1) is 13.0. The highest BCUT2D eigenvalue weighted by Gasteiger charge is 2.10. The van der Waals surface area contributed by atoms with Gasteiger partial charge in [0, 0.05) is 18.4 Å². The zero-order chi connectivity index (χ0) is 19.2. The molecule has 0 saturated carbocycles. The standard InChI is InChI=1S/C21H22N4O2/c1-14-4-9-18(15(2)12-14)24-20(26)19-10-11-22-21(25-19)23-13-16-5-7-17(27-3)8-6-16/h4-12H,13H2,1-3H3,(H,24,26)(H,22,23,25). The molecule has 0 spiro atoms. The van der Waals surface area contributed by atoms with Crippen LogP contribution in [0.4, 0.5) is 11.6 Å². The van der Waals surface area contributed by atoms with E-state index < -0.39 is 0 Å². The van der Waals surface area contributed by atoms with Gasteiger partial charge in [-0.15, -0.1) is 0 Å². The van der Waals surface area contributed by atoms with Crippen LogP contribution in [0.1, 0.15) is 27.2 Å². The monoisotopic (exact) mass is 362 g/mol. The second-order valence-corrected chi connectivity index (χ2v) is 6.24. The zero-order valence-corrected chi connectivity index (χ0v) is 15.6. The van der Waals surface area contributed by atoms with Gasteiger partial charge in [0.1, 0.15) is 11.4 Å². The Hall–Kier alpha value is -3.41. The Balaban J connectivity index is 1.66. The third-order valence-electron chi connectivity index (χ3n) is 4.13. The predicted octanol–water partition coefficient (Wildman–Crippen LogP) is 3.97. The molecule has 0 unspecified atom stereocenters. The molecule has 27 heavy (non-hydrogen) atoms. The van der Waals surface area contributed by atoms with E-state index in [1.54, 1.807) is 19.4 Å². The van der Waals surface area contributed by atoms with Crippen molar-refractivity contribution in [2.75, 3.05) is 17.7 Å². The molecule has 138 valence electrons. The molecule has 6 nitrogen and oxygen atoms in total. The van der Waals surface area contributed by atoms with Crippen molar-refractivity contribution in [2.24, 2.45) is 0 Å². The second-order valence-electron chi connectivity index (χ2n) is 6.24. The van der Waals surface area contributed by atoms with Crippen molar-refractivity contribution < 1.29 is 9.53 Å². The van der Waals surface area contributed by atoms with Crippen molar-refractivity contribution in [3.63, 3.8) is 0 Å².